The number of carbonyl (C=O) groups excluding carboxylic acids is 1. The summed E-state index contributed by atoms with van der Waals surface area (Å²) in [5, 5.41) is 23.1. The Morgan fingerprint density at radius 1 is 1.08 bits per heavy atom. The second-order valence-corrected chi connectivity index (χ2v) is 4.76. The van der Waals surface area contributed by atoms with E-state index in [0.29, 0.717) is 13.1 Å². The lowest BCUT2D eigenvalue weighted by molar-refractivity contribution is -0.394. The molecule has 0 aliphatic carbocycles. The van der Waals surface area contributed by atoms with Crippen LogP contribution in [0.15, 0.2) is 0 Å². The molecule has 132 valence electrons. The monoisotopic (exact) mass is 341 g/mol. The van der Waals surface area contributed by atoms with Crippen LogP contribution in [0.5, 0.6) is 5.75 Å². The third-order valence-corrected chi connectivity index (χ3v) is 3.65. The van der Waals surface area contributed by atoms with Crippen LogP contribution in [0.4, 0.5) is 17.1 Å². The zero-order valence-corrected chi connectivity index (χ0v) is 14.1. The van der Waals surface area contributed by atoms with Crippen LogP contribution in [0, 0.1) is 27.2 Å². The number of ether oxygens (including phenoxy) is 2. The molecule has 0 heterocycles. The smallest absolute Gasteiger partial charge is 0.352 e. The van der Waals surface area contributed by atoms with Gasteiger partial charge in [0.1, 0.15) is 5.69 Å². The first-order chi connectivity index (χ1) is 11.3. The molecule has 24 heavy (non-hydrogen) atoms. The molecule has 0 radical (unpaired) electrons. The number of anilines is 1. The fraction of sp³-hybridized carbons (Fsp3) is 0.500. The molecule has 10 nitrogen and oxygen atoms in total. The van der Waals surface area contributed by atoms with E-state index in [9.17, 15) is 25.0 Å². The summed E-state index contributed by atoms with van der Waals surface area (Å²) in [6.07, 6.45) is 0. The first-order valence-electron chi connectivity index (χ1n) is 7.13. The van der Waals surface area contributed by atoms with Gasteiger partial charge in [-0.1, -0.05) is 0 Å². The molecule has 0 fully saturated rings. The number of hydrogen-bond donors (Lipinski definition) is 0. The number of esters is 1. The van der Waals surface area contributed by atoms with E-state index in [1.807, 2.05) is 0 Å². The van der Waals surface area contributed by atoms with Crippen LogP contribution < -0.4 is 9.64 Å². The molecule has 0 aromatic heterocycles. The van der Waals surface area contributed by atoms with Gasteiger partial charge in [0, 0.05) is 18.7 Å². The van der Waals surface area contributed by atoms with Crippen molar-refractivity contribution in [2.75, 3.05) is 32.2 Å². The number of carbonyl (C=O) groups is 1. The molecular weight excluding hydrogens is 322 g/mol. The summed E-state index contributed by atoms with van der Waals surface area (Å²) in [5.74, 6) is -1.37. The summed E-state index contributed by atoms with van der Waals surface area (Å²) in [6.45, 7) is 5.84. The van der Waals surface area contributed by atoms with Gasteiger partial charge in [0.25, 0.3) is 0 Å². The highest BCUT2D eigenvalue weighted by Crippen LogP contribution is 2.47. The second kappa shape index (κ2) is 7.57. The average Bonchev–Trinajstić information content (AvgIpc) is 2.54. The highest BCUT2D eigenvalue weighted by atomic mass is 16.6. The van der Waals surface area contributed by atoms with E-state index >= 15 is 0 Å². The Kier molecular flexibility index (Phi) is 6.04. The normalized spacial score (nSPS) is 10.2. The second-order valence-electron chi connectivity index (χ2n) is 4.76. The number of nitrogens with zero attached hydrogens (tertiary/aromatic N) is 3. The molecule has 0 atom stereocenters. The Labute approximate surface area is 138 Å². The Bertz CT molecular complexity index is 684. The van der Waals surface area contributed by atoms with Gasteiger partial charge in [-0.05, 0) is 20.8 Å². The SMILES string of the molecule is CCN(CC)c1c(C)c(OC)c([N+](=O)[O-])c(C(=O)OC)c1[N+](=O)[O-]. The van der Waals surface area contributed by atoms with Crippen molar-refractivity contribution in [3.63, 3.8) is 0 Å². The van der Waals surface area contributed by atoms with E-state index in [1.54, 1.807) is 18.7 Å². The molecule has 0 aliphatic rings. The Morgan fingerprint density at radius 2 is 1.58 bits per heavy atom. The highest BCUT2D eigenvalue weighted by Gasteiger charge is 2.41. The molecule has 0 aliphatic heterocycles. The number of rotatable bonds is 7. The first kappa shape index (κ1) is 19.1. The van der Waals surface area contributed by atoms with Gasteiger partial charge in [-0.25, -0.2) is 4.79 Å². The van der Waals surface area contributed by atoms with Crippen molar-refractivity contribution in [2.24, 2.45) is 0 Å². The molecule has 1 aromatic carbocycles. The van der Waals surface area contributed by atoms with Gasteiger partial charge in [0.15, 0.2) is 0 Å². The van der Waals surface area contributed by atoms with E-state index in [-0.39, 0.29) is 17.0 Å². The Hall–Kier alpha value is -2.91. The Morgan fingerprint density at radius 3 is 1.92 bits per heavy atom. The van der Waals surface area contributed by atoms with Crippen molar-refractivity contribution in [3.8, 4) is 5.75 Å². The van der Waals surface area contributed by atoms with Crippen molar-refractivity contribution >= 4 is 23.0 Å². The maximum Gasteiger partial charge on any atom is 0.352 e. The number of nitro groups is 2. The molecule has 0 unspecified atom stereocenters. The van der Waals surface area contributed by atoms with Gasteiger partial charge in [0.05, 0.1) is 24.1 Å². The summed E-state index contributed by atoms with van der Waals surface area (Å²) in [6, 6.07) is 0. The summed E-state index contributed by atoms with van der Waals surface area (Å²) in [7, 11) is 2.20. The van der Waals surface area contributed by atoms with Crippen molar-refractivity contribution in [1.29, 1.82) is 0 Å². The number of benzene rings is 1. The summed E-state index contributed by atoms with van der Waals surface area (Å²) in [5.41, 5.74) is -1.84. The lowest BCUT2D eigenvalue weighted by Crippen LogP contribution is -2.25. The number of methoxy groups -OCH3 is 2. The standard InChI is InChI=1S/C14H19N3O7/c1-6-15(7-2)10-8(3)13(23-4)12(17(21)22)9(14(18)24-5)11(10)16(19)20/h6-7H2,1-5H3. The van der Waals surface area contributed by atoms with Crippen LogP contribution in [0.3, 0.4) is 0 Å². The van der Waals surface area contributed by atoms with E-state index in [1.165, 1.54) is 14.0 Å². The summed E-state index contributed by atoms with van der Waals surface area (Å²) < 4.78 is 9.63. The molecule has 10 heteroatoms. The first-order valence-corrected chi connectivity index (χ1v) is 7.13. The predicted octanol–water partition coefficient (Wildman–Crippen LogP) is 2.45. The van der Waals surface area contributed by atoms with Crippen molar-refractivity contribution in [2.45, 2.75) is 20.8 Å². The van der Waals surface area contributed by atoms with Crippen molar-refractivity contribution in [3.05, 3.63) is 31.4 Å². The average molecular weight is 341 g/mol. The maximum absolute atomic E-state index is 12.1. The summed E-state index contributed by atoms with van der Waals surface area (Å²) in [4.78, 5) is 35.1. The van der Waals surface area contributed by atoms with Gasteiger partial charge in [0.2, 0.25) is 11.3 Å². The molecule has 0 saturated heterocycles. The third-order valence-electron chi connectivity index (χ3n) is 3.65. The van der Waals surface area contributed by atoms with Crippen LogP contribution >= 0.6 is 0 Å². The van der Waals surface area contributed by atoms with Crippen LogP contribution in [-0.4, -0.2) is 43.1 Å². The van der Waals surface area contributed by atoms with Crippen LogP contribution in [-0.2, 0) is 4.74 Å². The molecular formula is C14H19N3O7. The lowest BCUT2D eigenvalue weighted by atomic mass is 10.0. The fourth-order valence-electron chi connectivity index (χ4n) is 2.63. The van der Waals surface area contributed by atoms with Gasteiger partial charge in [-0.2, -0.15) is 0 Å². The minimum atomic E-state index is -1.17. The molecule has 0 saturated carbocycles. The zero-order chi connectivity index (χ0) is 18.6. The minimum absolute atomic E-state index is 0.104. The highest BCUT2D eigenvalue weighted by molar-refractivity contribution is 6.03. The minimum Gasteiger partial charge on any atom is -0.490 e. The summed E-state index contributed by atoms with van der Waals surface area (Å²) >= 11 is 0. The predicted molar refractivity (Wildman–Crippen MR) is 85.9 cm³/mol. The van der Waals surface area contributed by atoms with E-state index in [0.717, 1.165) is 7.11 Å². The van der Waals surface area contributed by atoms with E-state index in [2.05, 4.69) is 4.74 Å². The quantitative estimate of drug-likeness (QED) is 0.420. The maximum atomic E-state index is 12.1. The molecule has 0 N–H and O–H groups in total. The van der Waals surface area contributed by atoms with Gasteiger partial charge in [-0.3, -0.25) is 20.2 Å². The number of nitro benzene ring substituents is 2. The van der Waals surface area contributed by atoms with Crippen LogP contribution in [0.1, 0.15) is 29.8 Å². The lowest BCUT2D eigenvalue weighted by Gasteiger charge is -2.24. The molecule has 1 aromatic rings. The van der Waals surface area contributed by atoms with Crippen molar-refractivity contribution < 1.29 is 24.1 Å². The van der Waals surface area contributed by atoms with Crippen LogP contribution in [0.2, 0.25) is 0 Å². The molecule has 0 bridgehead atoms. The molecule has 0 amide bonds. The van der Waals surface area contributed by atoms with E-state index in [4.69, 9.17) is 4.74 Å². The Balaban J connectivity index is 4.15. The van der Waals surface area contributed by atoms with Gasteiger partial charge < -0.3 is 14.4 Å². The van der Waals surface area contributed by atoms with Gasteiger partial charge in [-0.15, -0.1) is 0 Å². The largest absolute Gasteiger partial charge is 0.490 e. The van der Waals surface area contributed by atoms with Gasteiger partial charge >= 0.3 is 17.3 Å². The molecule has 1 rings (SSSR count). The molecule has 0 spiro atoms. The van der Waals surface area contributed by atoms with E-state index < -0.39 is 32.8 Å². The zero-order valence-electron chi connectivity index (χ0n) is 14.1. The fourth-order valence-corrected chi connectivity index (χ4v) is 2.63. The number of hydrogen-bond acceptors (Lipinski definition) is 8. The van der Waals surface area contributed by atoms with Crippen LogP contribution in [0.25, 0.3) is 0 Å². The van der Waals surface area contributed by atoms with Crippen molar-refractivity contribution in [1.82, 2.24) is 0 Å². The third kappa shape index (κ3) is 3.07. The topological polar surface area (TPSA) is 125 Å².